The first-order valence-electron chi connectivity index (χ1n) is 7.27. The standard InChI is InChI=1S/C16H22N4/c1-12(13-6-8-17-9-7-13)19(2)11-15-10-18-20(3)16(15)14-4-5-14/h6-10,12,14H,4-5,11H2,1-3H3/t12-/m1/s1. The van der Waals surface area contributed by atoms with Crippen LogP contribution in [0.3, 0.4) is 0 Å². The van der Waals surface area contributed by atoms with Crippen LogP contribution in [0.15, 0.2) is 30.7 Å². The fourth-order valence-electron chi connectivity index (χ4n) is 2.80. The van der Waals surface area contributed by atoms with Crippen molar-refractivity contribution in [2.24, 2.45) is 7.05 Å². The molecule has 1 atom stereocenters. The minimum atomic E-state index is 0.380. The van der Waals surface area contributed by atoms with Gasteiger partial charge in [0.15, 0.2) is 0 Å². The molecule has 0 aromatic carbocycles. The van der Waals surface area contributed by atoms with E-state index in [9.17, 15) is 0 Å². The Hall–Kier alpha value is -1.68. The molecule has 0 saturated heterocycles. The number of hydrogen-bond donors (Lipinski definition) is 0. The summed E-state index contributed by atoms with van der Waals surface area (Å²) in [5, 5.41) is 4.44. The Kier molecular flexibility index (Phi) is 3.57. The lowest BCUT2D eigenvalue weighted by atomic mass is 10.1. The van der Waals surface area contributed by atoms with Crippen LogP contribution >= 0.6 is 0 Å². The van der Waals surface area contributed by atoms with Crippen molar-refractivity contribution < 1.29 is 0 Å². The minimum Gasteiger partial charge on any atom is -0.295 e. The first kappa shape index (κ1) is 13.3. The zero-order chi connectivity index (χ0) is 14.1. The van der Waals surface area contributed by atoms with E-state index in [1.807, 2.05) is 18.6 Å². The van der Waals surface area contributed by atoms with Crippen LogP contribution in [-0.4, -0.2) is 26.7 Å². The highest BCUT2D eigenvalue weighted by atomic mass is 15.3. The second-order valence-corrected chi connectivity index (χ2v) is 5.82. The fourth-order valence-corrected chi connectivity index (χ4v) is 2.80. The van der Waals surface area contributed by atoms with Crippen molar-refractivity contribution in [3.8, 4) is 0 Å². The quantitative estimate of drug-likeness (QED) is 0.837. The van der Waals surface area contributed by atoms with E-state index in [4.69, 9.17) is 0 Å². The van der Waals surface area contributed by atoms with Gasteiger partial charge in [0.25, 0.3) is 0 Å². The molecule has 1 aliphatic rings. The van der Waals surface area contributed by atoms with E-state index in [1.54, 1.807) is 0 Å². The Labute approximate surface area is 120 Å². The van der Waals surface area contributed by atoms with Gasteiger partial charge in [0, 0.05) is 49.2 Å². The van der Waals surface area contributed by atoms with Crippen LogP contribution in [0.25, 0.3) is 0 Å². The lowest BCUT2D eigenvalue weighted by Gasteiger charge is -2.25. The molecule has 0 amide bonds. The van der Waals surface area contributed by atoms with Gasteiger partial charge in [0.2, 0.25) is 0 Å². The minimum absolute atomic E-state index is 0.380. The normalized spacial score (nSPS) is 16.6. The summed E-state index contributed by atoms with van der Waals surface area (Å²) in [7, 11) is 4.23. The van der Waals surface area contributed by atoms with Gasteiger partial charge < -0.3 is 0 Å². The molecule has 0 radical (unpaired) electrons. The molecule has 0 spiro atoms. The van der Waals surface area contributed by atoms with Gasteiger partial charge in [-0.1, -0.05) is 0 Å². The third kappa shape index (κ3) is 2.61. The van der Waals surface area contributed by atoms with Crippen LogP contribution in [0.1, 0.15) is 48.5 Å². The van der Waals surface area contributed by atoms with E-state index in [2.05, 4.69) is 52.8 Å². The maximum absolute atomic E-state index is 4.44. The second-order valence-electron chi connectivity index (χ2n) is 5.82. The molecule has 2 aromatic rings. The molecule has 2 aromatic heterocycles. The highest BCUT2D eigenvalue weighted by Gasteiger charge is 2.29. The first-order valence-corrected chi connectivity index (χ1v) is 7.27. The van der Waals surface area contributed by atoms with Gasteiger partial charge in [0.1, 0.15) is 0 Å². The summed E-state index contributed by atoms with van der Waals surface area (Å²) < 4.78 is 2.05. The smallest absolute Gasteiger partial charge is 0.0537 e. The monoisotopic (exact) mass is 270 g/mol. The summed E-state index contributed by atoms with van der Waals surface area (Å²) in [5.41, 5.74) is 4.11. The predicted octanol–water partition coefficient (Wildman–Crippen LogP) is 2.89. The van der Waals surface area contributed by atoms with Gasteiger partial charge in [-0.2, -0.15) is 5.10 Å². The summed E-state index contributed by atoms with van der Waals surface area (Å²) in [6.07, 6.45) is 8.38. The van der Waals surface area contributed by atoms with Gasteiger partial charge in [0.05, 0.1) is 6.20 Å². The average molecular weight is 270 g/mol. The molecule has 4 heteroatoms. The number of nitrogens with zero attached hydrogens (tertiary/aromatic N) is 4. The van der Waals surface area contributed by atoms with Gasteiger partial charge in [-0.25, -0.2) is 0 Å². The van der Waals surface area contributed by atoms with Crippen LogP contribution in [0.2, 0.25) is 0 Å². The molecule has 106 valence electrons. The first-order chi connectivity index (χ1) is 9.66. The highest BCUT2D eigenvalue weighted by molar-refractivity contribution is 5.26. The lowest BCUT2D eigenvalue weighted by molar-refractivity contribution is 0.252. The molecule has 2 heterocycles. The van der Waals surface area contributed by atoms with Gasteiger partial charge in [-0.05, 0) is 44.5 Å². The van der Waals surface area contributed by atoms with Gasteiger partial charge in [-0.15, -0.1) is 0 Å². The van der Waals surface area contributed by atoms with Crippen LogP contribution in [-0.2, 0) is 13.6 Å². The molecule has 3 rings (SSSR count). The molecule has 4 nitrogen and oxygen atoms in total. The molecule has 20 heavy (non-hydrogen) atoms. The van der Waals surface area contributed by atoms with Gasteiger partial charge in [-0.3, -0.25) is 14.6 Å². The Bertz CT molecular complexity index is 571. The van der Waals surface area contributed by atoms with E-state index in [0.717, 1.165) is 12.5 Å². The summed E-state index contributed by atoms with van der Waals surface area (Å²) >= 11 is 0. The summed E-state index contributed by atoms with van der Waals surface area (Å²) in [6, 6.07) is 4.56. The zero-order valence-electron chi connectivity index (χ0n) is 12.5. The van der Waals surface area contributed by atoms with E-state index in [0.29, 0.717) is 6.04 Å². The second kappa shape index (κ2) is 5.37. The van der Waals surface area contributed by atoms with E-state index < -0.39 is 0 Å². The molecule has 1 saturated carbocycles. The Balaban J connectivity index is 1.74. The lowest BCUT2D eigenvalue weighted by Crippen LogP contribution is -2.22. The van der Waals surface area contributed by atoms with Gasteiger partial charge >= 0.3 is 0 Å². The molecule has 0 aliphatic heterocycles. The average Bonchev–Trinajstić information content (AvgIpc) is 3.24. The van der Waals surface area contributed by atoms with Crippen LogP contribution in [0, 0.1) is 0 Å². The van der Waals surface area contributed by atoms with Crippen molar-refractivity contribution in [1.82, 2.24) is 19.7 Å². The predicted molar refractivity (Wildman–Crippen MR) is 79.3 cm³/mol. The number of pyridine rings is 1. The topological polar surface area (TPSA) is 34.0 Å². The van der Waals surface area contributed by atoms with Crippen molar-refractivity contribution >= 4 is 0 Å². The zero-order valence-corrected chi connectivity index (χ0v) is 12.5. The maximum Gasteiger partial charge on any atom is 0.0537 e. The van der Waals surface area contributed by atoms with Crippen LogP contribution < -0.4 is 0 Å². The Morgan fingerprint density at radius 3 is 2.70 bits per heavy atom. The summed E-state index contributed by atoms with van der Waals surface area (Å²) in [4.78, 5) is 6.46. The van der Waals surface area contributed by atoms with Crippen LogP contribution in [0.5, 0.6) is 0 Å². The van der Waals surface area contributed by atoms with Crippen molar-refractivity contribution in [2.45, 2.75) is 38.3 Å². The number of hydrogen-bond acceptors (Lipinski definition) is 3. The molecule has 0 bridgehead atoms. The molecular weight excluding hydrogens is 248 g/mol. The van der Waals surface area contributed by atoms with E-state index >= 15 is 0 Å². The largest absolute Gasteiger partial charge is 0.295 e. The highest BCUT2D eigenvalue weighted by Crippen LogP contribution is 2.41. The van der Waals surface area contributed by atoms with E-state index in [1.165, 1.54) is 29.7 Å². The van der Waals surface area contributed by atoms with Crippen LogP contribution in [0.4, 0.5) is 0 Å². The van der Waals surface area contributed by atoms with Crippen molar-refractivity contribution in [1.29, 1.82) is 0 Å². The summed E-state index contributed by atoms with van der Waals surface area (Å²) in [6.45, 7) is 3.19. The SMILES string of the molecule is C[C@H](c1ccncc1)N(C)Cc1cnn(C)c1C1CC1. The maximum atomic E-state index is 4.44. The fraction of sp³-hybridized carbons (Fsp3) is 0.500. The van der Waals surface area contributed by atoms with Crippen molar-refractivity contribution in [3.63, 3.8) is 0 Å². The number of aromatic nitrogens is 3. The van der Waals surface area contributed by atoms with E-state index in [-0.39, 0.29) is 0 Å². The third-order valence-corrected chi connectivity index (χ3v) is 4.30. The Morgan fingerprint density at radius 1 is 1.35 bits per heavy atom. The number of aryl methyl sites for hydroxylation is 1. The third-order valence-electron chi connectivity index (χ3n) is 4.30. The molecule has 0 N–H and O–H groups in total. The number of rotatable bonds is 5. The molecule has 1 fully saturated rings. The molecular formula is C16H22N4. The van der Waals surface area contributed by atoms with Crippen molar-refractivity contribution in [2.75, 3.05) is 7.05 Å². The Morgan fingerprint density at radius 2 is 2.05 bits per heavy atom. The summed E-state index contributed by atoms with van der Waals surface area (Å²) in [5.74, 6) is 0.738. The molecule has 1 aliphatic carbocycles. The van der Waals surface area contributed by atoms with Crippen molar-refractivity contribution in [3.05, 3.63) is 47.5 Å². The molecule has 0 unspecified atom stereocenters.